The molecule has 4 rings (SSSR count). The second-order valence-corrected chi connectivity index (χ2v) is 8.01. The van der Waals surface area contributed by atoms with Gasteiger partial charge in [0.05, 0.1) is 17.0 Å². The molecule has 0 saturated heterocycles. The second-order valence-electron chi connectivity index (χ2n) is 7.03. The molecule has 3 aromatic carbocycles. The first-order valence-electron chi connectivity index (χ1n) is 9.51. The van der Waals surface area contributed by atoms with Crippen molar-refractivity contribution >= 4 is 29.1 Å². The van der Waals surface area contributed by atoms with Crippen molar-refractivity contribution in [3.05, 3.63) is 112 Å². The predicted octanol–water partition coefficient (Wildman–Crippen LogP) is 5.21. The van der Waals surface area contributed by atoms with Crippen LogP contribution in [0.5, 0.6) is 0 Å². The maximum Gasteiger partial charge on any atom is 0.268 e. The lowest BCUT2D eigenvalue weighted by Crippen LogP contribution is -2.30. The van der Waals surface area contributed by atoms with Gasteiger partial charge >= 0.3 is 0 Å². The summed E-state index contributed by atoms with van der Waals surface area (Å²) in [5.74, 6) is 0.206. The summed E-state index contributed by atoms with van der Waals surface area (Å²) in [6, 6.07) is 27.4. The number of hydrogen-bond acceptors (Lipinski definition) is 3. The van der Waals surface area contributed by atoms with Crippen molar-refractivity contribution in [2.45, 2.75) is 19.2 Å². The predicted molar refractivity (Wildman–Crippen MR) is 118 cm³/mol. The number of aryl methyl sites for hydroxylation is 1. The van der Waals surface area contributed by atoms with Gasteiger partial charge in [-0.25, -0.2) is 0 Å². The average molecular weight is 400 g/mol. The van der Waals surface area contributed by atoms with Crippen LogP contribution in [0.2, 0.25) is 0 Å². The Bertz CT molecular complexity index is 1060. The number of imide groups is 1. The van der Waals surface area contributed by atoms with E-state index in [1.54, 1.807) is 0 Å². The van der Waals surface area contributed by atoms with Crippen LogP contribution in [-0.4, -0.2) is 16.7 Å². The largest absolute Gasteiger partial charge is 0.269 e. The van der Waals surface area contributed by atoms with Crippen LogP contribution in [0, 0.1) is 6.92 Å². The molecule has 0 radical (unpaired) electrons. The molecule has 0 fully saturated rings. The lowest BCUT2D eigenvalue weighted by atomic mass is 10.0. The third-order valence-electron chi connectivity index (χ3n) is 4.88. The standard InChI is InChI=1S/C25H21NO2S/c1-18-12-14-21(15-13-18)22-23(29-17-20-10-6-3-7-11-20)25(28)26(24(22)27)16-19-8-4-2-5-9-19/h2-15H,16-17H2,1H3. The maximum atomic E-state index is 13.3. The first kappa shape index (κ1) is 19.2. The molecular weight excluding hydrogens is 378 g/mol. The normalized spacial score (nSPS) is 14.0. The number of amides is 2. The number of benzene rings is 3. The van der Waals surface area contributed by atoms with Gasteiger partial charge in [-0.1, -0.05) is 90.5 Å². The van der Waals surface area contributed by atoms with Gasteiger partial charge in [-0.15, -0.1) is 11.8 Å². The fourth-order valence-electron chi connectivity index (χ4n) is 3.30. The number of hydrogen-bond donors (Lipinski definition) is 0. The molecule has 0 atom stereocenters. The highest BCUT2D eigenvalue weighted by molar-refractivity contribution is 8.03. The first-order chi connectivity index (χ1) is 14.1. The van der Waals surface area contributed by atoms with Crippen molar-refractivity contribution in [3.63, 3.8) is 0 Å². The lowest BCUT2D eigenvalue weighted by Gasteiger charge is -2.15. The highest BCUT2D eigenvalue weighted by Gasteiger charge is 2.39. The van der Waals surface area contributed by atoms with E-state index in [4.69, 9.17) is 0 Å². The van der Waals surface area contributed by atoms with Gasteiger partial charge in [0.25, 0.3) is 11.8 Å². The molecule has 0 saturated carbocycles. The van der Waals surface area contributed by atoms with Crippen LogP contribution >= 0.6 is 11.8 Å². The smallest absolute Gasteiger partial charge is 0.268 e. The van der Waals surface area contributed by atoms with E-state index < -0.39 is 0 Å². The molecule has 1 aliphatic rings. The zero-order valence-corrected chi connectivity index (χ0v) is 17.0. The van der Waals surface area contributed by atoms with Crippen LogP contribution in [0.15, 0.2) is 89.8 Å². The zero-order valence-electron chi connectivity index (χ0n) is 16.2. The monoisotopic (exact) mass is 399 g/mol. The summed E-state index contributed by atoms with van der Waals surface area (Å²) in [7, 11) is 0. The first-order valence-corrected chi connectivity index (χ1v) is 10.5. The van der Waals surface area contributed by atoms with Gasteiger partial charge in [0, 0.05) is 5.75 Å². The zero-order chi connectivity index (χ0) is 20.2. The maximum absolute atomic E-state index is 13.3. The molecule has 3 nitrogen and oxygen atoms in total. The minimum Gasteiger partial charge on any atom is -0.269 e. The fraction of sp³-hybridized carbons (Fsp3) is 0.120. The molecule has 1 heterocycles. The van der Waals surface area contributed by atoms with Gasteiger partial charge in [0.15, 0.2) is 0 Å². The van der Waals surface area contributed by atoms with E-state index in [-0.39, 0.29) is 18.4 Å². The molecule has 0 N–H and O–H groups in total. The van der Waals surface area contributed by atoms with Gasteiger partial charge in [-0.3, -0.25) is 14.5 Å². The summed E-state index contributed by atoms with van der Waals surface area (Å²) >= 11 is 1.44. The average Bonchev–Trinajstić information content (AvgIpc) is 2.98. The SMILES string of the molecule is Cc1ccc(C2=C(SCc3ccccc3)C(=O)N(Cc3ccccc3)C2=O)cc1. The molecule has 29 heavy (non-hydrogen) atoms. The van der Waals surface area contributed by atoms with Crippen LogP contribution in [0.1, 0.15) is 22.3 Å². The third kappa shape index (κ3) is 4.17. The molecule has 0 bridgehead atoms. The van der Waals surface area contributed by atoms with Crippen LogP contribution in [-0.2, 0) is 21.9 Å². The number of rotatable bonds is 6. The van der Waals surface area contributed by atoms with Gasteiger partial charge < -0.3 is 0 Å². The Morgan fingerprint density at radius 3 is 1.93 bits per heavy atom. The molecule has 0 aromatic heterocycles. The van der Waals surface area contributed by atoms with Crippen LogP contribution in [0.25, 0.3) is 5.57 Å². The van der Waals surface area contributed by atoms with Gasteiger partial charge in [0.2, 0.25) is 0 Å². The van der Waals surface area contributed by atoms with Crippen molar-refractivity contribution < 1.29 is 9.59 Å². The van der Waals surface area contributed by atoms with Crippen molar-refractivity contribution in [1.82, 2.24) is 4.90 Å². The second kappa shape index (κ2) is 8.50. The van der Waals surface area contributed by atoms with E-state index in [1.807, 2.05) is 91.9 Å². The Morgan fingerprint density at radius 1 is 0.724 bits per heavy atom. The van der Waals surface area contributed by atoms with Crippen LogP contribution < -0.4 is 0 Å². The summed E-state index contributed by atoms with van der Waals surface area (Å²) in [4.78, 5) is 28.4. The van der Waals surface area contributed by atoms with E-state index in [0.29, 0.717) is 16.2 Å². The summed E-state index contributed by atoms with van der Waals surface area (Å²) in [6.07, 6.45) is 0. The highest BCUT2D eigenvalue weighted by Crippen LogP contribution is 2.38. The molecular formula is C25H21NO2S. The molecule has 3 aromatic rings. The van der Waals surface area contributed by atoms with Gasteiger partial charge in [-0.05, 0) is 23.6 Å². The Hall–Kier alpha value is -3.11. The Balaban J connectivity index is 1.67. The van der Waals surface area contributed by atoms with E-state index in [2.05, 4.69) is 0 Å². The topological polar surface area (TPSA) is 37.4 Å². The Kier molecular flexibility index (Phi) is 5.63. The third-order valence-corrected chi connectivity index (χ3v) is 6.02. The summed E-state index contributed by atoms with van der Waals surface area (Å²) in [5, 5.41) is 0. The van der Waals surface area contributed by atoms with Gasteiger partial charge in [-0.2, -0.15) is 0 Å². The Labute approximate surface area is 175 Å². The fourth-order valence-corrected chi connectivity index (χ4v) is 4.39. The molecule has 0 aliphatic carbocycles. The van der Waals surface area contributed by atoms with E-state index in [9.17, 15) is 9.59 Å². The molecule has 4 heteroatoms. The Morgan fingerprint density at radius 2 is 1.31 bits per heavy atom. The molecule has 2 amide bonds. The number of carbonyl (C=O) groups excluding carboxylic acids is 2. The van der Waals surface area contributed by atoms with Crippen LogP contribution in [0.3, 0.4) is 0 Å². The summed E-state index contributed by atoms with van der Waals surface area (Å²) in [6.45, 7) is 2.29. The van der Waals surface area contributed by atoms with E-state index in [1.165, 1.54) is 16.7 Å². The van der Waals surface area contributed by atoms with Crippen molar-refractivity contribution in [2.75, 3.05) is 0 Å². The number of carbonyl (C=O) groups is 2. The van der Waals surface area contributed by atoms with Crippen LogP contribution in [0.4, 0.5) is 0 Å². The molecule has 1 aliphatic heterocycles. The van der Waals surface area contributed by atoms with Crippen molar-refractivity contribution in [3.8, 4) is 0 Å². The van der Waals surface area contributed by atoms with Crippen molar-refractivity contribution in [2.24, 2.45) is 0 Å². The quantitative estimate of drug-likeness (QED) is 0.534. The molecule has 0 spiro atoms. The summed E-state index contributed by atoms with van der Waals surface area (Å²) in [5.41, 5.74) is 4.47. The number of nitrogens with zero attached hydrogens (tertiary/aromatic N) is 1. The van der Waals surface area contributed by atoms with E-state index in [0.717, 1.165) is 22.3 Å². The minimum absolute atomic E-state index is 0.213. The molecule has 0 unspecified atom stereocenters. The minimum atomic E-state index is -0.224. The lowest BCUT2D eigenvalue weighted by molar-refractivity contribution is -0.137. The highest BCUT2D eigenvalue weighted by atomic mass is 32.2. The number of thioether (sulfide) groups is 1. The van der Waals surface area contributed by atoms with Gasteiger partial charge in [0.1, 0.15) is 0 Å². The van der Waals surface area contributed by atoms with Crippen molar-refractivity contribution in [1.29, 1.82) is 0 Å². The summed E-state index contributed by atoms with van der Waals surface area (Å²) < 4.78 is 0. The molecule has 144 valence electrons. The van der Waals surface area contributed by atoms with E-state index >= 15 is 0 Å².